The van der Waals surface area contributed by atoms with E-state index in [9.17, 15) is 13.2 Å². The van der Waals surface area contributed by atoms with Crippen molar-refractivity contribution >= 4 is 48.8 Å². The van der Waals surface area contributed by atoms with Gasteiger partial charge < -0.3 is 4.57 Å². The number of para-hydroxylation sites is 1. The van der Waals surface area contributed by atoms with E-state index in [0.29, 0.717) is 24.2 Å². The second kappa shape index (κ2) is 6.97. The van der Waals surface area contributed by atoms with Gasteiger partial charge in [0, 0.05) is 13.6 Å². The summed E-state index contributed by atoms with van der Waals surface area (Å²) in [7, 11) is -1.77. The molecule has 1 saturated heterocycles. The van der Waals surface area contributed by atoms with E-state index >= 15 is 0 Å². The standard InChI is InChI=1S/C18H19N3O3S3/c1-12-6-3-8-14-16(12)20(2)18(26-14)19-17(22)13-7-4-10-21(13)27(23,24)15-9-5-11-25-15/h3,5-6,8-9,11,13H,4,7,10H2,1-2H3. The highest BCUT2D eigenvalue weighted by molar-refractivity contribution is 7.91. The number of sulfonamides is 1. The Kier molecular flexibility index (Phi) is 4.79. The molecule has 0 bridgehead atoms. The summed E-state index contributed by atoms with van der Waals surface area (Å²) in [5.41, 5.74) is 2.16. The van der Waals surface area contributed by atoms with E-state index < -0.39 is 22.0 Å². The number of aryl methyl sites for hydroxylation is 2. The number of thiazole rings is 1. The number of nitrogens with zero attached hydrogens (tertiary/aromatic N) is 3. The molecule has 6 nitrogen and oxygen atoms in total. The predicted octanol–water partition coefficient (Wildman–Crippen LogP) is 2.89. The van der Waals surface area contributed by atoms with Crippen molar-refractivity contribution in [1.82, 2.24) is 8.87 Å². The van der Waals surface area contributed by atoms with Crippen LogP contribution in [0.25, 0.3) is 10.2 Å². The third-order valence-electron chi connectivity index (χ3n) is 4.78. The molecule has 1 amide bonds. The van der Waals surface area contributed by atoms with Crippen LogP contribution in [0, 0.1) is 6.92 Å². The molecule has 3 heterocycles. The number of aromatic nitrogens is 1. The van der Waals surface area contributed by atoms with Gasteiger partial charge in [-0.25, -0.2) is 8.42 Å². The third kappa shape index (κ3) is 3.18. The van der Waals surface area contributed by atoms with Crippen LogP contribution in [0.5, 0.6) is 0 Å². The van der Waals surface area contributed by atoms with Gasteiger partial charge in [-0.15, -0.1) is 11.3 Å². The van der Waals surface area contributed by atoms with Gasteiger partial charge in [0.1, 0.15) is 10.3 Å². The monoisotopic (exact) mass is 421 g/mol. The van der Waals surface area contributed by atoms with Gasteiger partial charge in [-0.2, -0.15) is 9.30 Å². The molecule has 0 N–H and O–H groups in total. The van der Waals surface area contributed by atoms with E-state index in [1.807, 2.05) is 36.7 Å². The third-order valence-corrected chi connectivity index (χ3v) is 9.16. The highest BCUT2D eigenvalue weighted by Gasteiger charge is 2.39. The molecule has 1 unspecified atom stereocenters. The lowest BCUT2D eigenvalue weighted by molar-refractivity contribution is -0.121. The fraction of sp³-hybridized carbons (Fsp3) is 0.333. The average Bonchev–Trinajstić information content (AvgIpc) is 3.36. The van der Waals surface area contributed by atoms with Crippen LogP contribution in [0.2, 0.25) is 0 Å². The lowest BCUT2D eigenvalue weighted by atomic mass is 10.2. The van der Waals surface area contributed by atoms with Crippen LogP contribution >= 0.6 is 22.7 Å². The molecular weight excluding hydrogens is 402 g/mol. The molecule has 1 atom stereocenters. The molecule has 1 fully saturated rings. The zero-order valence-corrected chi connectivity index (χ0v) is 17.4. The van der Waals surface area contributed by atoms with E-state index in [1.165, 1.54) is 27.0 Å². The van der Waals surface area contributed by atoms with Gasteiger partial charge in [-0.1, -0.05) is 29.5 Å². The van der Waals surface area contributed by atoms with Gasteiger partial charge in [0.25, 0.3) is 15.9 Å². The van der Waals surface area contributed by atoms with Crippen LogP contribution in [0.1, 0.15) is 18.4 Å². The Bertz CT molecular complexity index is 1170. The van der Waals surface area contributed by atoms with Crippen LogP contribution in [-0.2, 0) is 21.9 Å². The summed E-state index contributed by atoms with van der Waals surface area (Å²) in [5.74, 6) is -0.396. The maximum atomic E-state index is 12.9. The minimum Gasteiger partial charge on any atom is -0.319 e. The van der Waals surface area contributed by atoms with E-state index in [1.54, 1.807) is 17.5 Å². The van der Waals surface area contributed by atoms with Crippen molar-refractivity contribution in [1.29, 1.82) is 0 Å². The SMILES string of the molecule is Cc1cccc2sc(=NC(=O)C3CCCN3S(=O)(=O)c3cccs3)n(C)c12. The van der Waals surface area contributed by atoms with Crippen LogP contribution < -0.4 is 4.80 Å². The van der Waals surface area contributed by atoms with E-state index in [4.69, 9.17) is 0 Å². The van der Waals surface area contributed by atoms with Gasteiger partial charge >= 0.3 is 0 Å². The Hall–Kier alpha value is -1.81. The molecule has 2 aromatic heterocycles. The van der Waals surface area contributed by atoms with Crippen molar-refractivity contribution < 1.29 is 13.2 Å². The van der Waals surface area contributed by atoms with Crippen molar-refractivity contribution in [3.63, 3.8) is 0 Å². The maximum absolute atomic E-state index is 12.9. The molecule has 1 aromatic carbocycles. The van der Waals surface area contributed by atoms with Gasteiger partial charge in [-0.05, 0) is 42.8 Å². The second-order valence-electron chi connectivity index (χ2n) is 6.52. The molecule has 1 aliphatic rings. The zero-order valence-electron chi connectivity index (χ0n) is 15.0. The fourth-order valence-corrected chi connectivity index (χ4v) is 7.35. The summed E-state index contributed by atoms with van der Waals surface area (Å²) >= 11 is 2.61. The first-order chi connectivity index (χ1) is 12.9. The molecule has 4 rings (SSSR count). The normalized spacial score (nSPS) is 19.2. The first-order valence-electron chi connectivity index (χ1n) is 8.58. The summed E-state index contributed by atoms with van der Waals surface area (Å²) in [4.78, 5) is 17.8. The first kappa shape index (κ1) is 18.5. The summed E-state index contributed by atoms with van der Waals surface area (Å²) < 4.78 is 30.2. The van der Waals surface area contributed by atoms with E-state index in [-0.39, 0.29) is 4.21 Å². The Balaban J connectivity index is 1.72. The summed E-state index contributed by atoms with van der Waals surface area (Å²) in [5, 5.41) is 1.73. The number of carbonyl (C=O) groups excluding carboxylic acids is 1. The molecule has 9 heteroatoms. The minimum atomic E-state index is -3.66. The van der Waals surface area contributed by atoms with Crippen molar-refractivity contribution in [2.45, 2.75) is 30.0 Å². The molecule has 0 radical (unpaired) electrons. The lowest BCUT2D eigenvalue weighted by Gasteiger charge is -2.20. The molecular formula is C18H19N3O3S3. The highest BCUT2D eigenvalue weighted by Crippen LogP contribution is 2.29. The topological polar surface area (TPSA) is 71.7 Å². The van der Waals surface area contributed by atoms with Crippen molar-refractivity contribution in [2.24, 2.45) is 12.0 Å². The molecule has 0 saturated carbocycles. The number of amides is 1. The molecule has 3 aromatic rings. The lowest BCUT2D eigenvalue weighted by Crippen LogP contribution is -2.40. The Morgan fingerprint density at radius 3 is 2.78 bits per heavy atom. The van der Waals surface area contributed by atoms with Crippen molar-refractivity contribution in [3.05, 3.63) is 46.1 Å². The van der Waals surface area contributed by atoms with Crippen molar-refractivity contribution in [3.8, 4) is 0 Å². The average molecular weight is 422 g/mol. The minimum absolute atomic E-state index is 0.269. The van der Waals surface area contributed by atoms with Crippen LogP contribution in [0.3, 0.4) is 0 Å². The fourth-order valence-electron chi connectivity index (χ4n) is 3.47. The first-order valence-corrected chi connectivity index (χ1v) is 11.7. The summed E-state index contributed by atoms with van der Waals surface area (Å²) in [6.45, 7) is 2.37. The van der Waals surface area contributed by atoms with Crippen LogP contribution in [0.4, 0.5) is 0 Å². The summed E-state index contributed by atoms with van der Waals surface area (Å²) in [6.07, 6.45) is 1.16. The van der Waals surface area contributed by atoms with Crippen molar-refractivity contribution in [2.75, 3.05) is 6.54 Å². The molecule has 142 valence electrons. The molecule has 27 heavy (non-hydrogen) atoms. The van der Waals surface area contributed by atoms with E-state index in [0.717, 1.165) is 15.8 Å². The van der Waals surface area contributed by atoms with Gasteiger partial charge in [0.2, 0.25) is 0 Å². The number of fused-ring (bicyclic) bond motifs is 1. The van der Waals surface area contributed by atoms with Gasteiger partial charge in [0.15, 0.2) is 4.80 Å². The molecule has 1 aliphatic heterocycles. The highest BCUT2D eigenvalue weighted by atomic mass is 32.2. The van der Waals surface area contributed by atoms with Gasteiger partial charge in [0.05, 0.1) is 10.2 Å². The quantitative estimate of drug-likeness (QED) is 0.653. The number of rotatable bonds is 3. The van der Waals surface area contributed by atoms with E-state index in [2.05, 4.69) is 4.99 Å². The number of hydrogen-bond acceptors (Lipinski definition) is 5. The van der Waals surface area contributed by atoms with Crippen LogP contribution in [-0.4, -0.2) is 35.8 Å². The molecule has 0 spiro atoms. The number of thiophene rings is 1. The Labute approximate surface area is 165 Å². The largest absolute Gasteiger partial charge is 0.319 e. The Morgan fingerprint density at radius 2 is 2.07 bits per heavy atom. The zero-order chi connectivity index (χ0) is 19.2. The number of benzene rings is 1. The Morgan fingerprint density at radius 1 is 1.26 bits per heavy atom. The smallest absolute Gasteiger partial charge is 0.266 e. The second-order valence-corrected chi connectivity index (χ2v) is 10.6. The maximum Gasteiger partial charge on any atom is 0.266 e. The molecule has 0 aliphatic carbocycles. The van der Waals surface area contributed by atoms with Gasteiger partial charge in [-0.3, -0.25) is 4.79 Å². The predicted molar refractivity (Wildman–Crippen MR) is 107 cm³/mol. The number of carbonyl (C=O) groups is 1. The summed E-state index contributed by atoms with van der Waals surface area (Å²) in [6, 6.07) is 8.54. The number of hydrogen-bond donors (Lipinski definition) is 0. The van der Waals surface area contributed by atoms with Crippen LogP contribution in [0.15, 0.2) is 44.9 Å².